The van der Waals surface area contributed by atoms with Gasteiger partial charge in [0, 0.05) is 18.0 Å². The van der Waals surface area contributed by atoms with Gasteiger partial charge in [-0.1, -0.05) is 48.0 Å². The molecule has 3 aromatic rings. The Labute approximate surface area is 133 Å². The predicted molar refractivity (Wildman–Crippen MR) is 90.8 cm³/mol. The molecule has 0 aliphatic heterocycles. The minimum absolute atomic E-state index is 0.0438. The van der Waals surface area contributed by atoms with Crippen LogP contribution in [0.15, 0.2) is 65.8 Å². The Bertz CT molecular complexity index is 760. The van der Waals surface area contributed by atoms with Gasteiger partial charge in [-0.2, -0.15) is 0 Å². The second-order valence-corrected chi connectivity index (χ2v) is 6.23. The number of hydrogen-bond acceptors (Lipinski definition) is 3. The van der Waals surface area contributed by atoms with E-state index < -0.39 is 0 Å². The molecule has 0 aliphatic carbocycles. The van der Waals surface area contributed by atoms with E-state index in [1.54, 1.807) is 18.0 Å². The molecule has 0 radical (unpaired) electrons. The minimum Gasteiger partial charge on any atom is -0.323 e. The molecule has 0 spiro atoms. The maximum atomic E-state index is 6.29. The molecule has 0 amide bonds. The van der Waals surface area contributed by atoms with Crippen LogP contribution in [0.4, 0.5) is 0 Å². The number of thioether (sulfide) groups is 1. The van der Waals surface area contributed by atoms with Crippen LogP contribution in [-0.2, 0) is 0 Å². The molecule has 21 heavy (non-hydrogen) atoms. The summed E-state index contributed by atoms with van der Waals surface area (Å²) in [5.74, 6) is 0.745. The highest BCUT2D eigenvalue weighted by Gasteiger charge is 2.09. The third kappa shape index (κ3) is 3.38. The standard InChI is InChI=1S/C17H15ClN2S/c18-15-6-3-9-20-17(15)21-11-16(19)14-8-7-12-4-1-2-5-13(12)10-14/h1-10,16H,11,19H2. The first-order chi connectivity index (χ1) is 10.2. The number of hydrogen-bond donors (Lipinski definition) is 1. The van der Waals surface area contributed by atoms with Crippen molar-refractivity contribution >= 4 is 34.1 Å². The summed E-state index contributed by atoms with van der Waals surface area (Å²) < 4.78 is 0. The van der Waals surface area contributed by atoms with Crippen LogP contribution in [0.5, 0.6) is 0 Å². The van der Waals surface area contributed by atoms with E-state index in [2.05, 4.69) is 35.3 Å². The van der Waals surface area contributed by atoms with E-state index in [1.807, 2.05) is 24.3 Å². The first-order valence-electron chi connectivity index (χ1n) is 6.71. The lowest BCUT2D eigenvalue weighted by Gasteiger charge is -2.12. The van der Waals surface area contributed by atoms with Crippen molar-refractivity contribution in [1.82, 2.24) is 4.98 Å². The average molecular weight is 315 g/mol. The van der Waals surface area contributed by atoms with Crippen molar-refractivity contribution in [2.24, 2.45) is 5.73 Å². The maximum Gasteiger partial charge on any atom is 0.115 e. The summed E-state index contributed by atoms with van der Waals surface area (Å²) in [4.78, 5) is 4.27. The number of aromatic nitrogens is 1. The van der Waals surface area contributed by atoms with Crippen molar-refractivity contribution in [2.45, 2.75) is 11.1 Å². The van der Waals surface area contributed by atoms with Gasteiger partial charge in [-0.15, -0.1) is 11.8 Å². The smallest absolute Gasteiger partial charge is 0.115 e. The molecular formula is C17H15ClN2S. The lowest BCUT2D eigenvalue weighted by atomic mass is 10.0. The van der Waals surface area contributed by atoms with Crippen molar-refractivity contribution in [3.63, 3.8) is 0 Å². The van der Waals surface area contributed by atoms with Crippen molar-refractivity contribution in [2.75, 3.05) is 5.75 Å². The molecule has 1 atom stereocenters. The second-order valence-electron chi connectivity index (χ2n) is 4.81. The first-order valence-corrected chi connectivity index (χ1v) is 8.08. The van der Waals surface area contributed by atoms with Crippen LogP contribution >= 0.6 is 23.4 Å². The summed E-state index contributed by atoms with van der Waals surface area (Å²) in [5, 5.41) is 3.95. The van der Waals surface area contributed by atoms with E-state index in [4.69, 9.17) is 17.3 Å². The van der Waals surface area contributed by atoms with Gasteiger partial charge in [0.1, 0.15) is 5.03 Å². The Morgan fingerprint density at radius 3 is 2.67 bits per heavy atom. The fraction of sp³-hybridized carbons (Fsp3) is 0.118. The Morgan fingerprint density at radius 2 is 1.86 bits per heavy atom. The summed E-state index contributed by atoms with van der Waals surface area (Å²) in [6, 6.07) is 18.3. The number of rotatable bonds is 4. The van der Waals surface area contributed by atoms with E-state index in [9.17, 15) is 0 Å². The molecule has 3 rings (SSSR count). The highest BCUT2D eigenvalue weighted by atomic mass is 35.5. The van der Waals surface area contributed by atoms with Crippen molar-refractivity contribution in [3.05, 3.63) is 71.4 Å². The molecule has 0 saturated heterocycles. The van der Waals surface area contributed by atoms with Crippen LogP contribution in [0.2, 0.25) is 5.02 Å². The number of benzene rings is 2. The van der Waals surface area contributed by atoms with E-state index in [1.165, 1.54) is 10.8 Å². The molecule has 0 bridgehead atoms. The maximum absolute atomic E-state index is 6.29. The zero-order valence-corrected chi connectivity index (χ0v) is 12.9. The molecular weight excluding hydrogens is 300 g/mol. The number of halogens is 1. The molecule has 2 N–H and O–H groups in total. The van der Waals surface area contributed by atoms with Crippen molar-refractivity contribution in [1.29, 1.82) is 0 Å². The fourth-order valence-corrected chi connectivity index (χ4v) is 3.34. The van der Waals surface area contributed by atoms with Gasteiger partial charge < -0.3 is 5.73 Å². The monoisotopic (exact) mass is 314 g/mol. The second kappa shape index (κ2) is 6.48. The third-order valence-corrected chi connectivity index (χ3v) is 4.87. The molecule has 1 unspecified atom stereocenters. The topological polar surface area (TPSA) is 38.9 Å². The van der Waals surface area contributed by atoms with Crippen molar-refractivity contribution in [3.8, 4) is 0 Å². The molecule has 106 valence electrons. The van der Waals surface area contributed by atoms with Gasteiger partial charge >= 0.3 is 0 Å². The van der Waals surface area contributed by atoms with Gasteiger partial charge in [-0.25, -0.2) is 4.98 Å². The lowest BCUT2D eigenvalue weighted by molar-refractivity contribution is 0.832. The average Bonchev–Trinajstić information content (AvgIpc) is 2.53. The van der Waals surface area contributed by atoms with E-state index in [-0.39, 0.29) is 6.04 Å². The van der Waals surface area contributed by atoms with Crippen LogP contribution < -0.4 is 5.73 Å². The highest BCUT2D eigenvalue weighted by Crippen LogP contribution is 2.28. The largest absolute Gasteiger partial charge is 0.323 e. The molecule has 2 nitrogen and oxygen atoms in total. The normalized spacial score (nSPS) is 12.5. The summed E-state index contributed by atoms with van der Waals surface area (Å²) in [6.45, 7) is 0. The van der Waals surface area contributed by atoms with Crippen LogP contribution in [-0.4, -0.2) is 10.7 Å². The van der Waals surface area contributed by atoms with Crippen LogP contribution in [0.1, 0.15) is 11.6 Å². The molecule has 0 saturated carbocycles. The Kier molecular flexibility index (Phi) is 4.44. The molecule has 1 aromatic heterocycles. The van der Waals surface area contributed by atoms with Gasteiger partial charge in [0.25, 0.3) is 0 Å². The van der Waals surface area contributed by atoms with E-state index in [0.29, 0.717) is 5.02 Å². The SMILES string of the molecule is NC(CSc1ncccc1Cl)c1ccc2ccccc2c1. The molecule has 0 aliphatic rings. The summed E-state index contributed by atoms with van der Waals surface area (Å²) in [5.41, 5.74) is 7.42. The Morgan fingerprint density at radius 1 is 1.05 bits per heavy atom. The lowest BCUT2D eigenvalue weighted by Crippen LogP contribution is -2.13. The minimum atomic E-state index is -0.0438. The Hall–Kier alpha value is -1.55. The molecule has 2 aromatic carbocycles. The van der Waals surface area contributed by atoms with Gasteiger partial charge in [0.15, 0.2) is 0 Å². The summed E-state index contributed by atoms with van der Waals surface area (Å²) >= 11 is 7.69. The Balaban J connectivity index is 1.75. The van der Waals surface area contributed by atoms with Crippen LogP contribution in [0.3, 0.4) is 0 Å². The van der Waals surface area contributed by atoms with Gasteiger partial charge in [-0.3, -0.25) is 0 Å². The van der Waals surface area contributed by atoms with Gasteiger partial charge in [-0.05, 0) is 34.5 Å². The molecule has 4 heteroatoms. The van der Waals surface area contributed by atoms with E-state index >= 15 is 0 Å². The predicted octanol–water partition coefficient (Wildman–Crippen LogP) is 4.68. The quantitative estimate of drug-likeness (QED) is 0.711. The highest BCUT2D eigenvalue weighted by molar-refractivity contribution is 7.99. The van der Waals surface area contributed by atoms with Crippen molar-refractivity contribution < 1.29 is 0 Å². The summed E-state index contributed by atoms with van der Waals surface area (Å²) in [6.07, 6.45) is 1.75. The summed E-state index contributed by atoms with van der Waals surface area (Å²) in [7, 11) is 0. The first kappa shape index (κ1) is 14.4. The fourth-order valence-electron chi connectivity index (χ4n) is 2.18. The van der Waals surface area contributed by atoms with Gasteiger partial charge in [0.2, 0.25) is 0 Å². The zero-order chi connectivity index (χ0) is 14.7. The molecule has 1 heterocycles. The number of nitrogens with two attached hydrogens (primary N) is 1. The third-order valence-electron chi connectivity index (χ3n) is 3.33. The zero-order valence-electron chi connectivity index (χ0n) is 11.4. The van der Waals surface area contributed by atoms with Gasteiger partial charge in [0.05, 0.1) is 5.02 Å². The van der Waals surface area contributed by atoms with E-state index in [0.717, 1.165) is 16.3 Å². The number of fused-ring (bicyclic) bond motifs is 1. The number of nitrogens with zero attached hydrogens (tertiary/aromatic N) is 1. The molecule has 0 fully saturated rings. The van der Waals surface area contributed by atoms with Crippen LogP contribution in [0.25, 0.3) is 10.8 Å². The van der Waals surface area contributed by atoms with Crippen LogP contribution in [0, 0.1) is 0 Å². The number of pyridine rings is 1.